The minimum atomic E-state index is -0.383. The first-order chi connectivity index (χ1) is 9.08. The standard InChI is InChI=1S/C13H17N3O3/c1-9-4-5-10(7-12(9)16(18)19)8-15-11-3-2-6-14-13(11)17/h4-5,7,11,15H,2-3,6,8H2,1H3,(H,14,17). The summed E-state index contributed by atoms with van der Waals surface area (Å²) < 4.78 is 0. The first kappa shape index (κ1) is 13.5. The Labute approximate surface area is 111 Å². The topological polar surface area (TPSA) is 84.3 Å². The summed E-state index contributed by atoms with van der Waals surface area (Å²) in [6.45, 7) is 2.90. The maximum Gasteiger partial charge on any atom is 0.272 e. The minimum Gasteiger partial charge on any atom is -0.355 e. The van der Waals surface area contributed by atoms with Crippen LogP contribution in [0.4, 0.5) is 5.69 Å². The van der Waals surface area contributed by atoms with Crippen LogP contribution < -0.4 is 10.6 Å². The largest absolute Gasteiger partial charge is 0.355 e. The lowest BCUT2D eigenvalue weighted by Crippen LogP contribution is -2.47. The number of aryl methyl sites for hydroxylation is 1. The van der Waals surface area contributed by atoms with Gasteiger partial charge >= 0.3 is 0 Å². The molecule has 102 valence electrons. The Kier molecular flexibility index (Phi) is 4.11. The number of piperidine rings is 1. The third-order valence-electron chi connectivity index (χ3n) is 3.31. The number of amides is 1. The second-order valence-electron chi connectivity index (χ2n) is 4.74. The summed E-state index contributed by atoms with van der Waals surface area (Å²) in [7, 11) is 0. The summed E-state index contributed by atoms with van der Waals surface area (Å²) in [6.07, 6.45) is 1.76. The average molecular weight is 263 g/mol. The molecule has 1 aliphatic heterocycles. The SMILES string of the molecule is Cc1ccc(CNC2CCCNC2=O)cc1[N+](=O)[O-]. The van der Waals surface area contributed by atoms with Gasteiger partial charge in [0, 0.05) is 24.7 Å². The third kappa shape index (κ3) is 3.29. The van der Waals surface area contributed by atoms with Crippen LogP contribution >= 0.6 is 0 Å². The number of nitrogens with zero attached hydrogens (tertiary/aromatic N) is 1. The van der Waals surface area contributed by atoms with Gasteiger partial charge in [-0.05, 0) is 25.3 Å². The normalized spacial score (nSPS) is 19.0. The van der Waals surface area contributed by atoms with Gasteiger partial charge in [-0.2, -0.15) is 0 Å². The summed E-state index contributed by atoms with van der Waals surface area (Å²) in [5, 5.41) is 16.8. The molecule has 1 saturated heterocycles. The maximum atomic E-state index is 11.6. The number of hydrogen-bond donors (Lipinski definition) is 2. The van der Waals surface area contributed by atoms with Crippen LogP contribution in [0.5, 0.6) is 0 Å². The molecule has 0 radical (unpaired) electrons. The highest BCUT2D eigenvalue weighted by Crippen LogP contribution is 2.19. The predicted molar refractivity (Wildman–Crippen MR) is 70.7 cm³/mol. The number of nitro groups is 1. The van der Waals surface area contributed by atoms with Gasteiger partial charge in [0.25, 0.3) is 5.69 Å². The zero-order valence-corrected chi connectivity index (χ0v) is 10.8. The third-order valence-corrected chi connectivity index (χ3v) is 3.31. The fourth-order valence-corrected chi connectivity index (χ4v) is 2.17. The molecule has 1 aromatic rings. The number of carbonyl (C=O) groups is 1. The lowest BCUT2D eigenvalue weighted by Gasteiger charge is -2.22. The molecule has 0 spiro atoms. The van der Waals surface area contributed by atoms with E-state index in [1.165, 1.54) is 0 Å². The second-order valence-corrected chi connectivity index (χ2v) is 4.74. The van der Waals surface area contributed by atoms with E-state index in [1.54, 1.807) is 19.1 Å². The molecular weight excluding hydrogens is 246 g/mol. The van der Waals surface area contributed by atoms with Gasteiger partial charge in [-0.1, -0.05) is 12.1 Å². The predicted octanol–water partition coefficient (Wildman–Crippen LogP) is 1.27. The Morgan fingerprint density at radius 3 is 3.00 bits per heavy atom. The van der Waals surface area contributed by atoms with Crippen molar-refractivity contribution in [1.29, 1.82) is 0 Å². The van der Waals surface area contributed by atoms with Crippen molar-refractivity contribution in [2.75, 3.05) is 6.54 Å². The number of nitro benzene ring substituents is 1. The van der Waals surface area contributed by atoms with Gasteiger partial charge in [-0.3, -0.25) is 14.9 Å². The quantitative estimate of drug-likeness (QED) is 0.633. The average Bonchev–Trinajstić information content (AvgIpc) is 2.39. The van der Waals surface area contributed by atoms with Crippen LogP contribution in [-0.2, 0) is 11.3 Å². The Bertz CT molecular complexity index is 502. The summed E-state index contributed by atoms with van der Waals surface area (Å²) in [4.78, 5) is 22.0. The second kappa shape index (κ2) is 5.79. The molecule has 1 aromatic carbocycles. The van der Waals surface area contributed by atoms with Crippen molar-refractivity contribution >= 4 is 11.6 Å². The molecule has 6 nitrogen and oxygen atoms in total. The van der Waals surface area contributed by atoms with Crippen LogP contribution in [0.15, 0.2) is 18.2 Å². The highest BCUT2D eigenvalue weighted by molar-refractivity contribution is 5.82. The number of nitrogens with one attached hydrogen (secondary N) is 2. The molecule has 1 aliphatic rings. The molecule has 1 heterocycles. The maximum absolute atomic E-state index is 11.6. The number of benzene rings is 1. The van der Waals surface area contributed by atoms with Crippen LogP contribution in [0.25, 0.3) is 0 Å². The summed E-state index contributed by atoms with van der Waals surface area (Å²) >= 11 is 0. The van der Waals surface area contributed by atoms with Gasteiger partial charge < -0.3 is 10.6 Å². The van der Waals surface area contributed by atoms with Crippen molar-refractivity contribution in [3.63, 3.8) is 0 Å². The van der Waals surface area contributed by atoms with Crippen molar-refractivity contribution in [3.05, 3.63) is 39.4 Å². The fraction of sp³-hybridized carbons (Fsp3) is 0.462. The van der Waals surface area contributed by atoms with Crippen LogP contribution in [0.2, 0.25) is 0 Å². The zero-order chi connectivity index (χ0) is 13.8. The van der Waals surface area contributed by atoms with Crippen molar-refractivity contribution in [1.82, 2.24) is 10.6 Å². The first-order valence-electron chi connectivity index (χ1n) is 6.33. The molecule has 0 saturated carbocycles. The molecule has 0 aromatic heterocycles. The molecule has 1 fully saturated rings. The van der Waals surface area contributed by atoms with E-state index in [1.807, 2.05) is 6.07 Å². The summed E-state index contributed by atoms with van der Waals surface area (Å²) in [5.74, 6) is 0.00728. The molecule has 1 amide bonds. The molecule has 2 N–H and O–H groups in total. The van der Waals surface area contributed by atoms with Crippen molar-refractivity contribution in [2.45, 2.75) is 32.4 Å². The fourth-order valence-electron chi connectivity index (χ4n) is 2.17. The van der Waals surface area contributed by atoms with E-state index in [4.69, 9.17) is 0 Å². The highest BCUT2D eigenvalue weighted by Gasteiger charge is 2.21. The number of carbonyl (C=O) groups excluding carboxylic acids is 1. The monoisotopic (exact) mass is 263 g/mol. The van der Waals surface area contributed by atoms with Gasteiger partial charge in [0.15, 0.2) is 0 Å². The van der Waals surface area contributed by atoms with Gasteiger partial charge in [-0.15, -0.1) is 0 Å². The lowest BCUT2D eigenvalue weighted by molar-refractivity contribution is -0.385. The van der Waals surface area contributed by atoms with Crippen molar-refractivity contribution in [2.24, 2.45) is 0 Å². The minimum absolute atomic E-state index is 0.00728. The Hall–Kier alpha value is -1.95. The van der Waals surface area contributed by atoms with E-state index in [9.17, 15) is 14.9 Å². The van der Waals surface area contributed by atoms with Gasteiger partial charge in [0.05, 0.1) is 11.0 Å². The van der Waals surface area contributed by atoms with Crippen LogP contribution in [-0.4, -0.2) is 23.4 Å². The van der Waals surface area contributed by atoms with E-state index in [-0.39, 0.29) is 22.6 Å². The van der Waals surface area contributed by atoms with Crippen molar-refractivity contribution < 1.29 is 9.72 Å². The number of rotatable bonds is 4. The van der Waals surface area contributed by atoms with E-state index < -0.39 is 0 Å². The van der Waals surface area contributed by atoms with E-state index in [0.29, 0.717) is 12.1 Å². The Balaban J connectivity index is 2.01. The van der Waals surface area contributed by atoms with E-state index in [2.05, 4.69) is 10.6 Å². The highest BCUT2D eigenvalue weighted by atomic mass is 16.6. The van der Waals surface area contributed by atoms with E-state index in [0.717, 1.165) is 24.9 Å². The van der Waals surface area contributed by atoms with Crippen molar-refractivity contribution in [3.8, 4) is 0 Å². The molecule has 1 atom stereocenters. The first-order valence-corrected chi connectivity index (χ1v) is 6.33. The molecule has 0 bridgehead atoms. The van der Waals surface area contributed by atoms with Gasteiger partial charge in [0.1, 0.15) is 0 Å². The molecule has 2 rings (SSSR count). The van der Waals surface area contributed by atoms with Crippen LogP contribution in [0.1, 0.15) is 24.0 Å². The van der Waals surface area contributed by atoms with E-state index >= 15 is 0 Å². The van der Waals surface area contributed by atoms with Crippen LogP contribution in [0.3, 0.4) is 0 Å². The lowest BCUT2D eigenvalue weighted by atomic mass is 10.1. The molecule has 6 heteroatoms. The molecule has 0 aliphatic carbocycles. The zero-order valence-electron chi connectivity index (χ0n) is 10.8. The van der Waals surface area contributed by atoms with Crippen LogP contribution in [0, 0.1) is 17.0 Å². The molecule has 19 heavy (non-hydrogen) atoms. The Morgan fingerprint density at radius 1 is 1.53 bits per heavy atom. The van der Waals surface area contributed by atoms with Gasteiger partial charge in [0.2, 0.25) is 5.91 Å². The Morgan fingerprint density at radius 2 is 2.32 bits per heavy atom. The molecule has 1 unspecified atom stereocenters. The summed E-state index contributed by atoms with van der Waals surface area (Å²) in [5.41, 5.74) is 1.58. The molecular formula is C13H17N3O3. The smallest absolute Gasteiger partial charge is 0.272 e. The van der Waals surface area contributed by atoms with Gasteiger partial charge in [-0.25, -0.2) is 0 Å². The summed E-state index contributed by atoms with van der Waals surface area (Å²) in [6, 6.07) is 4.93. The number of hydrogen-bond acceptors (Lipinski definition) is 4.